The molecule has 0 saturated carbocycles. The first-order chi connectivity index (χ1) is 11.2. The van der Waals surface area contributed by atoms with Crippen molar-refractivity contribution in [2.45, 2.75) is 37.9 Å². The Morgan fingerprint density at radius 2 is 2.00 bits per heavy atom. The molecule has 24 heavy (non-hydrogen) atoms. The predicted molar refractivity (Wildman–Crippen MR) is 81.4 cm³/mol. The largest absolute Gasteiger partial charge is 0.390 e. The Morgan fingerprint density at radius 1 is 1.38 bits per heavy atom. The van der Waals surface area contributed by atoms with Crippen LogP contribution in [0.4, 0.5) is 18.0 Å². The summed E-state index contributed by atoms with van der Waals surface area (Å²) < 4.78 is 36.7. The van der Waals surface area contributed by atoms with Crippen molar-refractivity contribution in [1.82, 2.24) is 20.9 Å². The number of nitrogens with one attached hydrogen (secondary N) is 3. The molecule has 7 nitrogen and oxygen atoms in total. The second kappa shape index (κ2) is 6.86. The molecule has 0 radical (unpaired) electrons. The second-order valence-electron chi connectivity index (χ2n) is 6.21. The molecule has 10 heteroatoms. The van der Waals surface area contributed by atoms with E-state index in [1.807, 2.05) is 4.90 Å². The fourth-order valence-corrected chi connectivity index (χ4v) is 3.16. The summed E-state index contributed by atoms with van der Waals surface area (Å²) in [5.41, 5.74) is -0.934. The summed E-state index contributed by atoms with van der Waals surface area (Å²) in [7, 11) is 1.52. The number of urea groups is 1. The molecule has 2 saturated heterocycles. The van der Waals surface area contributed by atoms with E-state index < -0.39 is 24.2 Å². The minimum absolute atomic E-state index is 0.0338. The maximum absolute atomic E-state index is 12.2. The molecular weight excluding hydrogens is 327 g/mol. The number of hydrogen-bond acceptors (Lipinski definition) is 3. The zero-order chi connectivity index (χ0) is 18.0. The first-order valence-electron chi connectivity index (χ1n) is 7.81. The topological polar surface area (TPSA) is 85.8 Å². The minimum Gasteiger partial charge on any atom is -0.356 e. The van der Waals surface area contributed by atoms with E-state index in [-0.39, 0.29) is 18.4 Å². The van der Waals surface area contributed by atoms with Crippen LogP contribution in [0.15, 0.2) is 4.99 Å². The van der Waals surface area contributed by atoms with E-state index in [0.717, 1.165) is 0 Å². The second-order valence-corrected chi connectivity index (χ2v) is 6.21. The summed E-state index contributed by atoms with van der Waals surface area (Å²) in [5.74, 6) is 0.0508. The van der Waals surface area contributed by atoms with Gasteiger partial charge in [-0.05, 0) is 25.7 Å². The third-order valence-electron chi connectivity index (χ3n) is 4.59. The zero-order valence-corrected chi connectivity index (χ0v) is 13.7. The Kier molecular flexibility index (Phi) is 5.24. The van der Waals surface area contributed by atoms with E-state index in [2.05, 4.69) is 20.9 Å². The Labute approximate surface area is 138 Å². The van der Waals surface area contributed by atoms with Crippen molar-refractivity contribution in [3.05, 3.63) is 0 Å². The van der Waals surface area contributed by atoms with Crippen LogP contribution < -0.4 is 16.0 Å². The molecule has 3 N–H and O–H groups in total. The lowest BCUT2D eigenvalue weighted by molar-refractivity contribution is -0.132. The van der Waals surface area contributed by atoms with Gasteiger partial charge in [0.25, 0.3) is 5.91 Å². The van der Waals surface area contributed by atoms with Gasteiger partial charge < -0.3 is 15.5 Å². The average Bonchev–Trinajstić information content (AvgIpc) is 2.76. The molecule has 1 atom stereocenters. The lowest BCUT2D eigenvalue weighted by Crippen LogP contribution is -2.55. The first kappa shape index (κ1) is 18.3. The molecule has 2 fully saturated rings. The van der Waals surface area contributed by atoms with Crippen molar-refractivity contribution in [1.29, 1.82) is 0 Å². The molecule has 1 unspecified atom stereocenters. The van der Waals surface area contributed by atoms with Crippen molar-refractivity contribution in [2.24, 2.45) is 10.9 Å². The number of rotatable bonds is 3. The van der Waals surface area contributed by atoms with Crippen LogP contribution in [0.2, 0.25) is 0 Å². The van der Waals surface area contributed by atoms with Crippen LogP contribution in [0, 0.1) is 5.92 Å². The molecule has 2 aliphatic heterocycles. The Balaban J connectivity index is 1.87. The number of piperidine rings is 1. The van der Waals surface area contributed by atoms with Gasteiger partial charge in [-0.1, -0.05) is 0 Å². The first-order valence-corrected chi connectivity index (χ1v) is 7.81. The number of guanidine groups is 1. The molecule has 0 aromatic carbocycles. The number of nitrogens with zero attached hydrogens (tertiary/aromatic N) is 2. The molecule has 2 aliphatic rings. The van der Waals surface area contributed by atoms with Crippen LogP contribution in [0.3, 0.4) is 0 Å². The number of amides is 3. The Hall–Kier alpha value is -2.00. The van der Waals surface area contributed by atoms with Gasteiger partial charge in [-0.15, -0.1) is 0 Å². The van der Waals surface area contributed by atoms with Crippen LogP contribution in [0.25, 0.3) is 0 Å². The number of carbonyl (C=O) groups is 2. The van der Waals surface area contributed by atoms with Gasteiger partial charge in [0.05, 0.1) is 6.42 Å². The fourth-order valence-electron chi connectivity index (χ4n) is 3.16. The van der Waals surface area contributed by atoms with E-state index in [4.69, 9.17) is 0 Å². The molecule has 2 heterocycles. The number of halogens is 3. The van der Waals surface area contributed by atoms with Gasteiger partial charge in [0.2, 0.25) is 0 Å². The summed E-state index contributed by atoms with van der Waals surface area (Å²) in [6.45, 7) is 2.57. The van der Waals surface area contributed by atoms with Crippen LogP contribution in [-0.2, 0) is 4.79 Å². The highest BCUT2D eigenvalue weighted by molar-refractivity contribution is 6.07. The van der Waals surface area contributed by atoms with E-state index in [1.165, 1.54) is 7.05 Å². The number of aliphatic imine (C=N–C) groups is 1. The van der Waals surface area contributed by atoms with E-state index in [9.17, 15) is 22.8 Å². The zero-order valence-electron chi connectivity index (χ0n) is 13.7. The van der Waals surface area contributed by atoms with Gasteiger partial charge in [0, 0.05) is 26.7 Å². The summed E-state index contributed by atoms with van der Waals surface area (Å²) in [6.07, 6.45) is -3.87. The fraction of sp³-hybridized carbons (Fsp3) is 0.786. The highest BCUT2D eigenvalue weighted by atomic mass is 19.4. The Morgan fingerprint density at radius 3 is 2.46 bits per heavy atom. The summed E-state index contributed by atoms with van der Waals surface area (Å²) in [4.78, 5) is 29.2. The molecule has 2 rings (SSSR count). The van der Waals surface area contributed by atoms with Gasteiger partial charge in [0.1, 0.15) is 5.54 Å². The van der Waals surface area contributed by atoms with Crippen LogP contribution in [-0.4, -0.2) is 61.2 Å². The van der Waals surface area contributed by atoms with Crippen LogP contribution in [0.1, 0.15) is 26.2 Å². The molecule has 0 aromatic rings. The van der Waals surface area contributed by atoms with Crippen molar-refractivity contribution < 1.29 is 22.8 Å². The van der Waals surface area contributed by atoms with Gasteiger partial charge in [-0.2, -0.15) is 13.2 Å². The lowest BCUT2D eigenvalue weighted by atomic mass is 9.79. The van der Waals surface area contributed by atoms with E-state index >= 15 is 0 Å². The lowest BCUT2D eigenvalue weighted by Gasteiger charge is -2.39. The molecule has 136 valence electrons. The minimum atomic E-state index is -4.21. The van der Waals surface area contributed by atoms with Crippen LogP contribution in [0.5, 0.6) is 0 Å². The summed E-state index contributed by atoms with van der Waals surface area (Å²) in [5, 5.41) is 7.63. The molecule has 0 bridgehead atoms. The molecule has 0 aliphatic carbocycles. The van der Waals surface area contributed by atoms with Crippen molar-refractivity contribution in [3.63, 3.8) is 0 Å². The maximum Gasteiger partial charge on any atom is 0.390 e. The van der Waals surface area contributed by atoms with E-state index in [1.54, 1.807) is 6.92 Å². The summed E-state index contributed by atoms with van der Waals surface area (Å²) in [6, 6.07) is -0.491. The maximum atomic E-state index is 12.2. The monoisotopic (exact) mass is 349 g/mol. The van der Waals surface area contributed by atoms with Crippen molar-refractivity contribution in [2.75, 3.05) is 26.7 Å². The third kappa shape index (κ3) is 4.09. The molecule has 0 aromatic heterocycles. The average molecular weight is 349 g/mol. The highest BCUT2D eigenvalue weighted by Crippen LogP contribution is 2.30. The number of carbonyl (C=O) groups excluding carboxylic acids is 2. The molecule has 0 spiro atoms. The smallest absolute Gasteiger partial charge is 0.356 e. The standard InChI is InChI=1S/C14H22F3N5O2/c1-13(10(23)20-12(24)21-13)9-3-7-22(8-4-9)11(18-2)19-6-5-14(15,16)17/h9H,3-8H2,1-2H3,(H,18,19)(H2,20,21,23,24). The SMILES string of the molecule is CN=C(NCCC(F)(F)F)N1CCC(C2(C)NC(=O)NC2=O)CC1. The molecule has 3 amide bonds. The van der Waals surface area contributed by atoms with Crippen LogP contribution >= 0.6 is 0 Å². The summed E-state index contributed by atoms with van der Waals surface area (Å²) >= 11 is 0. The quantitative estimate of drug-likeness (QED) is 0.400. The van der Waals surface area contributed by atoms with Gasteiger partial charge in [-0.25, -0.2) is 4.79 Å². The highest BCUT2D eigenvalue weighted by Gasteiger charge is 2.48. The number of imide groups is 1. The normalized spacial score (nSPS) is 26.4. The molecular formula is C14H22F3N5O2. The Bertz CT molecular complexity index is 529. The number of hydrogen-bond donors (Lipinski definition) is 3. The third-order valence-corrected chi connectivity index (χ3v) is 4.59. The van der Waals surface area contributed by atoms with Crippen molar-refractivity contribution >= 4 is 17.9 Å². The predicted octanol–water partition coefficient (Wildman–Crippen LogP) is 0.824. The number of likely N-dealkylation sites (tertiary alicyclic amines) is 1. The van der Waals surface area contributed by atoms with Gasteiger partial charge in [0.15, 0.2) is 5.96 Å². The number of alkyl halides is 3. The van der Waals surface area contributed by atoms with Gasteiger partial charge in [-0.3, -0.25) is 15.1 Å². The van der Waals surface area contributed by atoms with Gasteiger partial charge >= 0.3 is 12.2 Å². The van der Waals surface area contributed by atoms with E-state index in [0.29, 0.717) is 31.9 Å². The van der Waals surface area contributed by atoms with Crippen molar-refractivity contribution in [3.8, 4) is 0 Å².